The minimum Gasteiger partial charge on any atom is -0.481 e. The van der Waals surface area contributed by atoms with Crippen LogP contribution < -0.4 is 4.74 Å². The maximum atomic E-state index is 13.0. The average Bonchev–Trinajstić information content (AvgIpc) is 2.97. The lowest BCUT2D eigenvalue weighted by Crippen LogP contribution is -2.38. The first-order valence-electron chi connectivity index (χ1n) is 13.1. The molecule has 0 bridgehead atoms. The molecule has 2 atom stereocenters. The minimum atomic E-state index is -1.27. The third kappa shape index (κ3) is 5.41. The van der Waals surface area contributed by atoms with E-state index in [2.05, 4.69) is 35.2 Å². The molecule has 0 aliphatic carbocycles. The fraction of sp³-hybridized carbons (Fsp3) is 0.206. The van der Waals surface area contributed by atoms with Crippen molar-refractivity contribution in [3.05, 3.63) is 131 Å². The second-order valence-electron chi connectivity index (χ2n) is 10.1. The second-order valence-corrected chi connectivity index (χ2v) is 10.5. The molecule has 0 fully saturated rings. The SMILES string of the molecule is COc1nc(-c2ccccc2Cl)ccc1[C@@H](c1ccccc1)[C@@](O)(CCN(C)C)c1cccc2ccccc12. The van der Waals surface area contributed by atoms with E-state index in [1.54, 1.807) is 7.11 Å². The van der Waals surface area contributed by atoms with Gasteiger partial charge in [-0.05, 0) is 54.5 Å². The van der Waals surface area contributed by atoms with Crippen molar-refractivity contribution in [3.63, 3.8) is 0 Å². The highest BCUT2D eigenvalue weighted by atomic mass is 35.5. The normalized spacial score (nSPS) is 13.8. The van der Waals surface area contributed by atoms with Crippen LogP contribution in [-0.2, 0) is 5.60 Å². The number of fused-ring (bicyclic) bond motifs is 1. The number of hydrogen-bond acceptors (Lipinski definition) is 4. The van der Waals surface area contributed by atoms with E-state index in [4.69, 9.17) is 21.3 Å². The molecule has 5 heteroatoms. The van der Waals surface area contributed by atoms with Crippen molar-refractivity contribution in [1.82, 2.24) is 9.88 Å². The molecule has 0 unspecified atom stereocenters. The number of aliphatic hydroxyl groups is 1. The fourth-order valence-electron chi connectivity index (χ4n) is 5.44. The van der Waals surface area contributed by atoms with E-state index in [-0.39, 0.29) is 0 Å². The van der Waals surface area contributed by atoms with Crippen LogP contribution in [0, 0.1) is 0 Å². The Morgan fingerprint density at radius 2 is 1.54 bits per heavy atom. The molecular formula is C34H33ClN2O2. The molecule has 0 saturated carbocycles. The quantitative estimate of drug-likeness (QED) is 0.211. The zero-order valence-electron chi connectivity index (χ0n) is 22.5. The predicted octanol–water partition coefficient (Wildman–Crippen LogP) is 7.54. The fourth-order valence-corrected chi connectivity index (χ4v) is 5.68. The monoisotopic (exact) mass is 536 g/mol. The van der Waals surface area contributed by atoms with Crippen molar-refractivity contribution in [2.75, 3.05) is 27.7 Å². The van der Waals surface area contributed by atoms with Crippen LogP contribution in [0.1, 0.15) is 29.0 Å². The summed E-state index contributed by atoms with van der Waals surface area (Å²) in [4.78, 5) is 7.01. The number of pyridine rings is 1. The molecule has 5 rings (SSSR count). The highest BCUT2D eigenvalue weighted by molar-refractivity contribution is 6.33. The minimum absolute atomic E-state index is 0.452. The van der Waals surface area contributed by atoms with Crippen LogP contribution in [0.5, 0.6) is 5.88 Å². The molecule has 0 aliphatic heterocycles. The van der Waals surface area contributed by atoms with Crippen molar-refractivity contribution in [2.24, 2.45) is 0 Å². The lowest BCUT2D eigenvalue weighted by Gasteiger charge is -2.39. The first-order chi connectivity index (χ1) is 18.9. The number of nitrogens with zero attached hydrogens (tertiary/aromatic N) is 2. The van der Waals surface area contributed by atoms with Crippen LogP contribution >= 0.6 is 11.6 Å². The van der Waals surface area contributed by atoms with Gasteiger partial charge in [0, 0.05) is 28.6 Å². The van der Waals surface area contributed by atoms with Gasteiger partial charge in [0.05, 0.1) is 12.8 Å². The topological polar surface area (TPSA) is 45.6 Å². The Hall–Kier alpha value is -3.70. The number of hydrogen-bond donors (Lipinski definition) is 1. The van der Waals surface area contributed by atoms with Crippen LogP contribution in [-0.4, -0.2) is 42.7 Å². The highest BCUT2D eigenvalue weighted by Crippen LogP contribution is 2.48. The highest BCUT2D eigenvalue weighted by Gasteiger charge is 2.43. The third-order valence-electron chi connectivity index (χ3n) is 7.35. The second kappa shape index (κ2) is 11.6. The van der Waals surface area contributed by atoms with Crippen molar-refractivity contribution in [3.8, 4) is 17.1 Å². The molecule has 0 saturated heterocycles. The summed E-state index contributed by atoms with van der Waals surface area (Å²) in [6.07, 6.45) is 0.503. The molecule has 39 heavy (non-hydrogen) atoms. The van der Waals surface area contributed by atoms with Gasteiger partial charge in [-0.15, -0.1) is 0 Å². The molecule has 0 aliphatic rings. The molecule has 0 amide bonds. The largest absolute Gasteiger partial charge is 0.481 e. The van der Waals surface area contributed by atoms with E-state index in [0.29, 0.717) is 23.9 Å². The molecule has 0 spiro atoms. The summed E-state index contributed by atoms with van der Waals surface area (Å²) >= 11 is 6.51. The smallest absolute Gasteiger partial charge is 0.217 e. The van der Waals surface area contributed by atoms with Gasteiger partial charge in [0.2, 0.25) is 5.88 Å². The summed E-state index contributed by atoms with van der Waals surface area (Å²) in [7, 11) is 5.68. The number of aromatic nitrogens is 1. The van der Waals surface area contributed by atoms with Gasteiger partial charge in [-0.25, -0.2) is 4.98 Å². The van der Waals surface area contributed by atoms with Gasteiger partial charge in [-0.2, -0.15) is 0 Å². The van der Waals surface area contributed by atoms with E-state index >= 15 is 0 Å². The molecular weight excluding hydrogens is 504 g/mol. The summed E-state index contributed by atoms with van der Waals surface area (Å²) < 4.78 is 5.92. The lowest BCUT2D eigenvalue weighted by atomic mass is 9.70. The predicted molar refractivity (Wildman–Crippen MR) is 161 cm³/mol. The van der Waals surface area contributed by atoms with Crippen LogP contribution in [0.4, 0.5) is 0 Å². The number of benzene rings is 4. The van der Waals surface area contributed by atoms with Gasteiger partial charge in [0.25, 0.3) is 0 Å². The summed E-state index contributed by atoms with van der Waals surface area (Å²) in [5, 5.41) is 15.8. The molecule has 4 nitrogen and oxygen atoms in total. The maximum absolute atomic E-state index is 13.0. The Morgan fingerprint density at radius 3 is 2.28 bits per heavy atom. The first-order valence-corrected chi connectivity index (χ1v) is 13.5. The zero-order valence-corrected chi connectivity index (χ0v) is 23.3. The van der Waals surface area contributed by atoms with Gasteiger partial charge < -0.3 is 14.7 Å². The first kappa shape index (κ1) is 26.9. The molecule has 198 valence electrons. The van der Waals surface area contributed by atoms with Gasteiger partial charge in [0.15, 0.2) is 0 Å². The standard InChI is InChI=1S/C34H33ClN2O2/c1-37(2)23-22-34(38,29-18-11-15-24-12-7-8-16-26(24)29)32(25-13-5-4-6-14-25)28-20-21-31(36-33(28)39-3)27-17-9-10-19-30(27)35/h4-21,32,38H,22-23H2,1-3H3/t32-,34-/m1/s1. The van der Waals surface area contributed by atoms with Gasteiger partial charge >= 0.3 is 0 Å². The van der Waals surface area contributed by atoms with E-state index in [1.165, 1.54) is 0 Å². The van der Waals surface area contributed by atoms with Gasteiger partial charge in [-0.1, -0.05) is 109 Å². The molecule has 1 aromatic heterocycles. The number of rotatable bonds is 9. The average molecular weight is 537 g/mol. The summed E-state index contributed by atoms with van der Waals surface area (Å²) in [5.74, 6) is 0.0111. The molecule has 5 aromatic rings. The van der Waals surface area contributed by atoms with Crippen LogP contribution in [0.3, 0.4) is 0 Å². The Balaban J connectivity index is 1.77. The third-order valence-corrected chi connectivity index (χ3v) is 7.68. The van der Waals surface area contributed by atoms with Crippen molar-refractivity contribution in [1.29, 1.82) is 0 Å². The van der Waals surface area contributed by atoms with E-state index in [0.717, 1.165) is 38.7 Å². The van der Waals surface area contributed by atoms with Crippen molar-refractivity contribution in [2.45, 2.75) is 17.9 Å². The van der Waals surface area contributed by atoms with Crippen LogP contribution in [0.2, 0.25) is 5.02 Å². The summed E-state index contributed by atoms with van der Waals surface area (Å²) in [5.41, 5.74) is 2.96. The van der Waals surface area contributed by atoms with Crippen molar-refractivity contribution >= 4 is 22.4 Å². The van der Waals surface area contributed by atoms with Gasteiger partial charge in [-0.3, -0.25) is 0 Å². The van der Waals surface area contributed by atoms with Gasteiger partial charge in [0.1, 0.15) is 5.60 Å². The maximum Gasteiger partial charge on any atom is 0.217 e. The molecule has 1 heterocycles. The summed E-state index contributed by atoms with van der Waals surface area (Å²) in [6, 6.07) is 36.2. The van der Waals surface area contributed by atoms with Crippen LogP contribution in [0.15, 0.2) is 109 Å². The molecule has 1 N–H and O–H groups in total. The Kier molecular flexibility index (Phi) is 7.99. The van der Waals surface area contributed by atoms with E-state index in [9.17, 15) is 5.11 Å². The number of halogens is 1. The Labute approximate surface area is 235 Å². The van der Waals surface area contributed by atoms with Crippen LogP contribution in [0.25, 0.3) is 22.0 Å². The number of methoxy groups -OCH3 is 1. The Morgan fingerprint density at radius 1 is 0.846 bits per heavy atom. The van der Waals surface area contributed by atoms with Crippen molar-refractivity contribution < 1.29 is 9.84 Å². The molecule has 0 radical (unpaired) electrons. The zero-order chi connectivity index (χ0) is 27.4. The summed E-state index contributed by atoms with van der Waals surface area (Å²) in [6.45, 7) is 0.691. The lowest BCUT2D eigenvalue weighted by molar-refractivity contribution is 0.00516. The van der Waals surface area contributed by atoms with E-state index < -0.39 is 11.5 Å². The Bertz CT molecular complexity index is 1570. The molecule has 4 aromatic carbocycles. The van der Waals surface area contributed by atoms with E-state index in [1.807, 2.05) is 93.0 Å². The number of ether oxygens (including phenoxy) is 1.